The number of nitrogens with zero attached hydrogens (tertiary/aromatic N) is 4. The molecular formula is C22H25N5O3. The molecule has 0 aromatic carbocycles. The van der Waals surface area contributed by atoms with Gasteiger partial charge >= 0.3 is 5.97 Å². The molecule has 1 aliphatic heterocycles. The summed E-state index contributed by atoms with van der Waals surface area (Å²) in [6.45, 7) is 7.20. The van der Waals surface area contributed by atoms with Gasteiger partial charge in [0.1, 0.15) is 11.5 Å². The van der Waals surface area contributed by atoms with E-state index in [1.54, 1.807) is 13.0 Å². The Kier molecular flexibility index (Phi) is 5.15. The first-order valence-corrected chi connectivity index (χ1v) is 9.95. The Morgan fingerprint density at radius 2 is 1.93 bits per heavy atom. The summed E-state index contributed by atoms with van der Waals surface area (Å²) in [5.41, 5.74) is 2.73. The van der Waals surface area contributed by atoms with Crippen LogP contribution in [0, 0.1) is 0 Å². The Bertz CT molecular complexity index is 1100. The topological polar surface area (TPSA) is 91.4 Å². The van der Waals surface area contributed by atoms with Crippen LogP contribution in [0.25, 0.3) is 22.3 Å². The number of aromatic amines is 1. The lowest BCUT2D eigenvalue weighted by Gasteiger charge is -2.44. The molecule has 1 amide bonds. The van der Waals surface area contributed by atoms with Gasteiger partial charge in [0.15, 0.2) is 0 Å². The minimum absolute atomic E-state index is 0.101. The quantitative estimate of drug-likeness (QED) is 0.672. The molecule has 30 heavy (non-hydrogen) atoms. The summed E-state index contributed by atoms with van der Waals surface area (Å²) >= 11 is 0. The molecule has 1 fully saturated rings. The third-order valence-electron chi connectivity index (χ3n) is 5.57. The summed E-state index contributed by atoms with van der Waals surface area (Å²) in [6.07, 6.45) is 3.35. The highest BCUT2D eigenvalue weighted by Crippen LogP contribution is 2.29. The smallest absolute Gasteiger partial charge is 0.339 e. The van der Waals surface area contributed by atoms with Crippen molar-refractivity contribution in [2.45, 2.75) is 32.9 Å². The van der Waals surface area contributed by atoms with Gasteiger partial charge in [0.05, 0.1) is 18.4 Å². The number of carbonyl (C=O) groups excluding carboxylic acids is 2. The minimum atomic E-state index is -0.426. The second kappa shape index (κ2) is 7.78. The number of pyridine rings is 2. The van der Waals surface area contributed by atoms with Crippen LogP contribution in [-0.2, 0) is 9.53 Å². The van der Waals surface area contributed by atoms with E-state index in [0.29, 0.717) is 11.2 Å². The van der Waals surface area contributed by atoms with Crippen LogP contribution in [0.1, 0.15) is 31.1 Å². The molecular weight excluding hydrogens is 382 g/mol. The van der Waals surface area contributed by atoms with E-state index in [4.69, 9.17) is 9.72 Å². The molecule has 1 saturated heterocycles. The number of hydrogen-bond donors (Lipinski definition) is 1. The maximum absolute atomic E-state index is 11.9. The van der Waals surface area contributed by atoms with Gasteiger partial charge in [-0.2, -0.15) is 0 Å². The summed E-state index contributed by atoms with van der Waals surface area (Å²) in [5, 5.41) is 0.811. The summed E-state index contributed by atoms with van der Waals surface area (Å²) in [4.78, 5) is 40.3. The molecule has 2 atom stereocenters. The van der Waals surface area contributed by atoms with E-state index < -0.39 is 5.97 Å². The molecule has 8 heteroatoms. The number of amides is 1. The predicted molar refractivity (Wildman–Crippen MR) is 114 cm³/mol. The molecule has 1 aliphatic rings. The van der Waals surface area contributed by atoms with Crippen LogP contribution < -0.4 is 4.90 Å². The van der Waals surface area contributed by atoms with Crippen LogP contribution in [0.4, 0.5) is 5.82 Å². The van der Waals surface area contributed by atoms with Crippen molar-refractivity contribution in [2.75, 3.05) is 25.1 Å². The summed E-state index contributed by atoms with van der Waals surface area (Å²) < 4.78 is 4.81. The summed E-state index contributed by atoms with van der Waals surface area (Å²) in [5.74, 6) is 0.537. The third kappa shape index (κ3) is 3.49. The maximum Gasteiger partial charge on any atom is 0.339 e. The Morgan fingerprint density at radius 1 is 1.20 bits per heavy atom. The van der Waals surface area contributed by atoms with Gasteiger partial charge in [-0.05, 0) is 32.0 Å². The Labute approximate surface area is 174 Å². The lowest BCUT2D eigenvalue weighted by atomic mass is 10.1. The van der Waals surface area contributed by atoms with Gasteiger partial charge in [-0.1, -0.05) is 6.07 Å². The first kappa shape index (κ1) is 19.9. The second-order valence-electron chi connectivity index (χ2n) is 7.72. The maximum atomic E-state index is 11.9. The molecule has 0 spiro atoms. The number of rotatable bonds is 3. The zero-order valence-electron chi connectivity index (χ0n) is 17.5. The third-order valence-corrected chi connectivity index (χ3v) is 5.57. The highest BCUT2D eigenvalue weighted by Gasteiger charge is 2.31. The Hall–Kier alpha value is -3.42. The van der Waals surface area contributed by atoms with E-state index in [1.807, 2.05) is 29.3 Å². The van der Waals surface area contributed by atoms with E-state index in [0.717, 1.165) is 35.6 Å². The normalized spacial score (nSPS) is 19.2. The van der Waals surface area contributed by atoms with Crippen LogP contribution in [0.5, 0.6) is 0 Å². The first-order chi connectivity index (χ1) is 14.4. The van der Waals surface area contributed by atoms with Crippen molar-refractivity contribution in [2.24, 2.45) is 0 Å². The van der Waals surface area contributed by atoms with Gasteiger partial charge in [0.2, 0.25) is 5.91 Å². The van der Waals surface area contributed by atoms with Crippen molar-refractivity contribution in [3.8, 4) is 11.3 Å². The Morgan fingerprint density at radius 3 is 2.60 bits per heavy atom. The largest absolute Gasteiger partial charge is 0.465 e. The van der Waals surface area contributed by atoms with E-state index in [1.165, 1.54) is 13.3 Å². The van der Waals surface area contributed by atoms with Gasteiger partial charge in [0, 0.05) is 55.4 Å². The Balaban J connectivity index is 1.68. The standard InChI is InChI=1S/C22H25N5O3/c1-13-11-26(12-14(2)27(13)15(3)28)20-7-5-6-19(25-20)18-10-24-21-17(18)8-16(9-23-21)22(29)30-4/h5-10,13-14H,11-12H2,1-4H3,(H,23,24)/t13-,14+. The number of anilines is 1. The number of nitrogens with one attached hydrogen (secondary N) is 1. The van der Waals surface area contributed by atoms with E-state index in [9.17, 15) is 9.59 Å². The molecule has 0 unspecified atom stereocenters. The summed E-state index contributed by atoms with van der Waals surface area (Å²) in [6, 6.07) is 7.88. The van der Waals surface area contributed by atoms with Crippen LogP contribution in [0.2, 0.25) is 0 Å². The van der Waals surface area contributed by atoms with Crippen molar-refractivity contribution in [1.29, 1.82) is 0 Å². The SMILES string of the molecule is COC(=O)c1cnc2[nH]cc(-c3cccc(N4C[C@@H](C)N(C(C)=O)[C@@H](C)C4)n3)c2c1. The van der Waals surface area contributed by atoms with Gasteiger partial charge in [-0.15, -0.1) is 0 Å². The first-order valence-electron chi connectivity index (χ1n) is 9.95. The lowest BCUT2D eigenvalue weighted by Crippen LogP contribution is -2.58. The van der Waals surface area contributed by atoms with Crippen LogP contribution in [0.3, 0.4) is 0 Å². The lowest BCUT2D eigenvalue weighted by molar-refractivity contribution is -0.133. The van der Waals surface area contributed by atoms with Gasteiger partial charge in [0.25, 0.3) is 0 Å². The number of aromatic nitrogens is 3. The fourth-order valence-corrected chi connectivity index (χ4v) is 4.32. The van der Waals surface area contributed by atoms with Crippen LogP contribution in [0.15, 0.2) is 36.7 Å². The number of carbonyl (C=O) groups is 2. The average Bonchev–Trinajstić information content (AvgIpc) is 3.15. The van der Waals surface area contributed by atoms with Gasteiger partial charge < -0.3 is 19.5 Å². The van der Waals surface area contributed by atoms with E-state index >= 15 is 0 Å². The molecule has 3 aromatic heterocycles. The number of piperazine rings is 1. The molecule has 0 aliphatic carbocycles. The summed E-state index contributed by atoms with van der Waals surface area (Å²) in [7, 11) is 1.35. The highest BCUT2D eigenvalue weighted by molar-refractivity contribution is 5.98. The number of methoxy groups -OCH3 is 1. The average molecular weight is 407 g/mol. The van der Waals surface area contributed by atoms with E-state index in [2.05, 4.69) is 28.7 Å². The second-order valence-corrected chi connectivity index (χ2v) is 7.72. The number of ether oxygens (including phenoxy) is 1. The van der Waals surface area contributed by atoms with Crippen LogP contribution in [-0.4, -0.2) is 64.0 Å². The molecule has 156 valence electrons. The number of esters is 1. The van der Waals surface area contributed by atoms with Crippen LogP contribution >= 0.6 is 0 Å². The molecule has 1 N–H and O–H groups in total. The van der Waals surface area contributed by atoms with Crippen molar-refractivity contribution >= 4 is 28.7 Å². The molecule has 0 saturated carbocycles. The molecule has 0 bridgehead atoms. The van der Waals surface area contributed by atoms with Crippen molar-refractivity contribution < 1.29 is 14.3 Å². The predicted octanol–water partition coefficient (Wildman–Crippen LogP) is 2.86. The van der Waals surface area contributed by atoms with Crippen molar-refractivity contribution in [3.63, 3.8) is 0 Å². The van der Waals surface area contributed by atoms with Crippen molar-refractivity contribution in [1.82, 2.24) is 19.9 Å². The minimum Gasteiger partial charge on any atom is -0.465 e. The zero-order valence-corrected chi connectivity index (χ0v) is 17.5. The van der Waals surface area contributed by atoms with Gasteiger partial charge in [-0.3, -0.25) is 4.79 Å². The molecule has 0 radical (unpaired) electrons. The molecule has 4 heterocycles. The fourth-order valence-electron chi connectivity index (χ4n) is 4.32. The zero-order chi connectivity index (χ0) is 21.4. The molecule has 3 aromatic rings. The van der Waals surface area contributed by atoms with Gasteiger partial charge in [-0.25, -0.2) is 14.8 Å². The molecule has 4 rings (SSSR count). The molecule has 8 nitrogen and oxygen atoms in total. The monoisotopic (exact) mass is 407 g/mol. The number of hydrogen-bond acceptors (Lipinski definition) is 6. The van der Waals surface area contributed by atoms with E-state index in [-0.39, 0.29) is 18.0 Å². The highest BCUT2D eigenvalue weighted by atomic mass is 16.5. The number of fused-ring (bicyclic) bond motifs is 1. The van der Waals surface area contributed by atoms with Crippen molar-refractivity contribution in [3.05, 3.63) is 42.2 Å². The number of H-pyrrole nitrogens is 1. The fraction of sp³-hybridized carbons (Fsp3) is 0.364.